The molecule has 1 N–H and O–H groups in total. The summed E-state index contributed by atoms with van der Waals surface area (Å²) < 4.78 is 26.5. The molecule has 37 heavy (non-hydrogen) atoms. The van der Waals surface area contributed by atoms with Gasteiger partial charge in [0.05, 0.1) is 22.0 Å². The number of carbonyl (C=O) groups excluding carboxylic acids is 2. The lowest BCUT2D eigenvalue weighted by Crippen LogP contribution is -2.52. The summed E-state index contributed by atoms with van der Waals surface area (Å²) in [4.78, 5) is 28.3. The topological polar surface area (TPSA) is 86.8 Å². The summed E-state index contributed by atoms with van der Waals surface area (Å²) in [5.74, 6) is -0.928. The molecule has 0 spiro atoms. The molecule has 196 valence electrons. The van der Waals surface area contributed by atoms with Gasteiger partial charge in [-0.25, -0.2) is 8.42 Å². The molecule has 3 aromatic rings. The first-order valence-electron chi connectivity index (χ1n) is 11.5. The highest BCUT2D eigenvalue weighted by Crippen LogP contribution is 2.33. The van der Waals surface area contributed by atoms with E-state index in [9.17, 15) is 18.0 Å². The second-order valence-corrected chi connectivity index (χ2v) is 11.4. The number of anilines is 1. The SMILES string of the molecule is CNC(=O)C(Cc1ccccc1)N(Cc1ccc(C)cc1)C(=O)CN(c1cccc(Cl)c1Cl)S(C)(=O)=O. The third-order valence-electron chi connectivity index (χ3n) is 5.87. The van der Waals surface area contributed by atoms with E-state index in [1.165, 1.54) is 24.1 Å². The van der Waals surface area contributed by atoms with Gasteiger partial charge in [0.15, 0.2) is 0 Å². The lowest BCUT2D eigenvalue weighted by molar-refractivity contribution is -0.139. The van der Waals surface area contributed by atoms with Crippen molar-refractivity contribution in [2.45, 2.75) is 25.9 Å². The number of rotatable bonds is 10. The molecule has 1 unspecified atom stereocenters. The van der Waals surface area contributed by atoms with Crippen LogP contribution in [-0.4, -0.2) is 51.0 Å². The summed E-state index contributed by atoms with van der Waals surface area (Å²) in [6, 6.07) is 20.6. The minimum absolute atomic E-state index is 0.0135. The van der Waals surface area contributed by atoms with Crippen LogP contribution < -0.4 is 9.62 Å². The van der Waals surface area contributed by atoms with Crippen molar-refractivity contribution in [2.75, 3.05) is 24.2 Å². The van der Waals surface area contributed by atoms with E-state index in [1.807, 2.05) is 61.5 Å². The normalized spacial score (nSPS) is 12.0. The number of carbonyl (C=O) groups is 2. The highest BCUT2D eigenvalue weighted by atomic mass is 35.5. The summed E-state index contributed by atoms with van der Waals surface area (Å²) in [6.07, 6.45) is 1.23. The minimum atomic E-state index is -3.93. The van der Waals surface area contributed by atoms with E-state index in [-0.39, 0.29) is 34.6 Å². The Hall–Kier alpha value is -3.07. The van der Waals surface area contributed by atoms with Gasteiger partial charge in [-0.05, 0) is 30.2 Å². The van der Waals surface area contributed by atoms with E-state index < -0.39 is 28.5 Å². The zero-order valence-corrected chi connectivity index (χ0v) is 23.1. The second kappa shape index (κ2) is 12.4. The van der Waals surface area contributed by atoms with Gasteiger partial charge in [-0.15, -0.1) is 0 Å². The van der Waals surface area contributed by atoms with Gasteiger partial charge in [-0.2, -0.15) is 0 Å². The van der Waals surface area contributed by atoms with Crippen molar-refractivity contribution < 1.29 is 18.0 Å². The molecule has 0 saturated carbocycles. The van der Waals surface area contributed by atoms with E-state index >= 15 is 0 Å². The maximum Gasteiger partial charge on any atom is 0.244 e. The third kappa shape index (κ3) is 7.47. The number of nitrogens with zero attached hydrogens (tertiary/aromatic N) is 2. The summed E-state index contributed by atoms with van der Waals surface area (Å²) >= 11 is 12.4. The summed E-state index contributed by atoms with van der Waals surface area (Å²) in [6.45, 7) is 1.49. The molecule has 3 rings (SSSR count). The number of benzene rings is 3. The van der Waals surface area contributed by atoms with Crippen LogP contribution in [0.2, 0.25) is 10.0 Å². The molecule has 0 bridgehead atoms. The molecular weight excluding hydrogens is 533 g/mol. The molecule has 0 radical (unpaired) electrons. The van der Waals surface area contributed by atoms with E-state index in [0.717, 1.165) is 27.3 Å². The molecule has 0 aliphatic carbocycles. The average Bonchev–Trinajstić information content (AvgIpc) is 2.87. The quantitative estimate of drug-likeness (QED) is 0.396. The van der Waals surface area contributed by atoms with E-state index in [1.54, 1.807) is 6.07 Å². The van der Waals surface area contributed by atoms with E-state index in [0.29, 0.717) is 0 Å². The number of aryl methyl sites for hydroxylation is 1. The van der Waals surface area contributed by atoms with Gasteiger partial charge in [-0.1, -0.05) is 89.4 Å². The number of sulfonamides is 1. The lowest BCUT2D eigenvalue weighted by atomic mass is 10.0. The molecule has 3 aromatic carbocycles. The molecule has 0 aromatic heterocycles. The fraction of sp³-hybridized carbons (Fsp3) is 0.259. The Labute approximate surface area is 228 Å². The van der Waals surface area contributed by atoms with Crippen LogP contribution in [0, 0.1) is 6.92 Å². The van der Waals surface area contributed by atoms with Crippen molar-refractivity contribution in [3.8, 4) is 0 Å². The van der Waals surface area contributed by atoms with E-state index in [2.05, 4.69) is 5.32 Å². The Kier molecular flexibility index (Phi) is 9.59. The molecule has 2 amide bonds. The van der Waals surface area contributed by atoms with Gasteiger partial charge in [0.1, 0.15) is 12.6 Å². The summed E-state index contributed by atoms with van der Waals surface area (Å²) in [5.41, 5.74) is 2.79. The highest BCUT2D eigenvalue weighted by Gasteiger charge is 2.33. The number of hydrogen-bond acceptors (Lipinski definition) is 4. The fourth-order valence-electron chi connectivity index (χ4n) is 3.89. The number of hydrogen-bond donors (Lipinski definition) is 1. The number of amides is 2. The van der Waals surface area contributed by atoms with Crippen molar-refractivity contribution in [1.82, 2.24) is 10.2 Å². The van der Waals surface area contributed by atoms with Crippen LogP contribution in [0.15, 0.2) is 72.8 Å². The van der Waals surface area contributed by atoms with Crippen molar-refractivity contribution in [1.29, 1.82) is 0 Å². The Balaban J connectivity index is 2.05. The van der Waals surface area contributed by atoms with Crippen LogP contribution in [0.1, 0.15) is 16.7 Å². The van der Waals surface area contributed by atoms with Gasteiger partial charge in [0.25, 0.3) is 0 Å². The lowest BCUT2D eigenvalue weighted by Gasteiger charge is -2.33. The minimum Gasteiger partial charge on any atom is -0.357 e. The zero-order chi connectivity index (χ0) is 27.2. The average molecular weight is 563 g/mol. The van der Waals surface area contributed by atoms with Gasteiger partial charge in [0, 0.05) is 20.0 Å². The first kappa shape index (κ1) is 28.5. The Bertz CT molecular complexity index is 1350. The molecule has 1 atom stereocenters. The van der Waals surface area contributed by atoms with E-state index in [4.69, 9.17) is 23.2 Å². The highest BCUT2D eigenvalue weighted by molar-refractivity contribution is 7.92. The molecule has 0 heterocycles. The molecule has 0 fully saturated rings. The first-order chi connectivity index (χ1) is 17.5. The number of likely N-dealkylation sites (N-methyl/N-ethyl adjacent to an activating group) is 1. The molecule has 0 aliphatic rings. The number of nitrogens with one attached hydrogen (secondary N) is 1. The van der Waals surface area contributed by atoms with Crippen LogP contribution in [0.5, 0.6) is 0 Å². The van der Waals surface area contributed by atoms with Crippen molar-refractivity contribution in [3.63, 3.8) is 0 Å². The molecule has 0 aliphatic heterocycles. The van der Waals surface area contributed by atoms with Gasteiger partial charge < -0.3 is 10.2 Å². The van der Waals surface area contributed by atoms with Crippen molar-refractivity contribution >= 4 is 50.7 Å². The van der Waals surface area contributed by atoms with Crippen LogP contribution >= 0.6 is 23.2 Å². The largest absolute Gasteiger partial charge is 0.357 e. The Morgan fingerprint density at radius 3 is 2.16 bits per heavy atom. The summed E-state index contributed by atoms with van der Waals surface area (Å²) in [7, 11) is -2.43. The maximum absolute atomic E-state index is 13.9. The predicted octanol–water partition coefficient (Wildman–Crippen LogP) is 4.45. The number of halogens is 2. The zero-order valence-electron chi connectivity index (χ0n) is 20.8. The monoisotopic (exact) mass is 561 g/mol. The first-order valence-corrected chi connectivity index (χ1v) is 14.1. The molecule has 10 heteroatoms. The standard InChI is InChI=1S/C27H29Cl2N3O4S/c1-19-12-14-21(15-13-19)17-31(24(27(34)30-2)16-20-8-5-4-6-9-20)25(33)18-32(37(3,35)36)23-11-7-10-22(28)26(23)29/h4-15,24H,16-18H2,1-3H3,(H,30,34). The summed E-state index contributed by atoms with van der Waals surface area (Å²) in [5, 5.41) is 2.81. The maximum atomic E-state index is 13.9. The van der Waals surface area contributed by atoms with Gasteiger partial charge in [0.2, 0.25) is 21.8 Å². The fourth-order valence-corrected chi connectivity index (χ4v) is 5.19. The van der Waals surface area contributed by atoms with Gasteiger partial charge >= 0.3 is 0 Å². The van der Waals surface area contributed by atoms with Crippen LogP contribution in [-0.2, 0) is 32.6 Å². The van der Waals surface area contributed by atoms with Crippen LogP contribution in [0.4, 0.5) is 5.69 Å². The van der Waals surface area contributed by atoms with Crippen molar-refractivity contribution in [2.24, 2.45) is 0 Å². The second-order valence-electron chi connectivity index (χ2n) is 8.67. The Morgan fingerprint density at radius 1 is 0.919 bits per heavy atom. The molecule has 7 nitrogen and oxygen atoms in total. The van der Waals surface area contributed by atoms with Crippen molar-refractivity contribution in [3.05, 3.63) is 99.5 Å². The Morgan fingerprint density at radius 2 is 1.57 bits per heavy atom. The molecule has 0 saturated heterocycles. The predicted molar refractivity (Wildman–Crippen MR) is 148 cm³/mol. The van der Waals surface area contributed by atoms with Gasteiger partial charge in [-0.3, -0.25) is 13.9 Å². The smallest absolute Gasteiger partial charge is 0.244 e. The van der Waals surface area contributed by atoms with Crippen LogP contribution in [0.3, 0.4) is 0 Å². The molecular formula is C27H29Cl2N3O4S. The third-order valence-corrected chi connectivity index (χ3v) is 7.81. The van der Waals surface area contributed by atoms with Crippen LogP contribution in [0.25, 0.3) is 0 Å².